The van der Waals surface area contributed by atoms with Crippen LogP contribution in [0.3, 0.4) is 0 Å². The number of nitrogens with two attached hydrogens (primary N) is 1. The average Bonchev–Trinajstić information content (AvgIpc) is 3.53. The molecule has 6 heteroatoms. The predicted octanol–water partition coefficient (Wildman–Crippen LogP) is 2.07. The first kappa shape index (κ1) is 20.7. The zero-order valence-electron chi connectivity index (χ0n) is 16.6. The molecule has 3 rings (SSSR count). The first-order valence-corrected chi connectivity index (χ1v) is 9.89. The number of ketones is 1. The molecule has 1 aliphatic rings. The summed E-state index contributed by atoms with van der Waals surface area (Å²) < 4.78 is 0. The van der Waals surface area contributed by atoms with Crippen LogP contribution in [0, 0.1) is 0 Å². The highest BCUT2D eigenvalue weighted by atomic mass is 16.2. The van der Waals surface area contributed by atoms with Gasteiger partial charge in [0.2, 0.25) is 11.8 Å². The van der Waals surface area contributed by atoms with E-state index in [9.17, 15) is 14.4 Å². The van der Waals surface area contributed by atoms with E-state index in [1.54, 1.807) is 12.1 Å². The maximum absolute atomic E-state index is 12.7. The van der Waals surface area contributed by atoms with E-state index in [2.05, 4.69) is 10.2 Å². The van der Waals surface area contributed by atoms with Gasteiger partial charge in [-0.05, 0) is 49.4 Å². The number of carbonyl (C=O) groups is 3. The summed E-state index contributed by atoms with van der Waals surface area (Å²) in [5.41, 5.74) is 7.78. The second-order valence-corrected chi connectivity index (χ2v) is 7.62. The summed E-state index contributed by atoms with van der Waals surface area (Å²) in [4.78, 5) is 38.0. The Morgan fingerprint density at radius 3 is 2.24 bits per heavy atom. The number of hydrogen-bond acceptors (Lipinski definition) is 4. The van der Waals surface area contributed by atoms with Crippen molar-refractivity contribution in [3.05, 3.63) is 71.3 Å². The van der Waals surface area contributed by atoms with Crippen LogP contribution < -0.4 is 11.1 Å². The fraction of sp³-hybridized carbons (Fsp3) is 0.348. The third-order valence-corrected chi connectivity index (χ3v) is 5.14. The lowest BCUT2D eigenvalue weighted by Crippen LogP contribution is -2.46. The van der Waals surface area contributed by atoms with Crippen molar-refractivity contribution in [3.8, 4) is 0 Å². The largest absolute Gasteiger partial charge is 0.366 e. The Morgan fingerprint density at radius 1 is 1.03 bits per heavy atom. The highest BCUT2D eigenvalue weighted by molar-refractivity contribution is 5.92. The molecule has 0 aliphatic heterocycles. The van der Waals surface area contributed by atoms with Crippen LogP contribution in [0.1, 0.15) is 41.3 Å². The maximum Gasteiger partial charge on any atom is 0.248 e. The standard InChI is InChI=1S/C23H27N3O3/c1-16(27)21(13-17-5-3-2-4-6-17)25-22(28)15-26(20-11-12-20)14-18-7-9-19(10-8-18)23(24)29/h2-10,20-21H,11-15H2,1H3,(H2,24,29)(H,25,28). The molecular weight excluding hydrogens is 366 g/mol. The van der Waals surface area contributed by atoms with E-state index in [0.29, 0.717) is 24.6 Å². The van der Waals surface area contributed by atoms with E-state index in [0.717, 1.165) is 24.0 Å². The first-order valence-electron chi connectivity index (χ1n) is 9.89. The Labute approximate surface area is 171 Å². The summed E-state index contributed by atoms with van der Waals surface area (Å²) >= 11 is 0. The van der Waals surface area contributed by atoms with Crippen LogP contribution in [-0.2, 0) is 22.6 Å². The molecule has 1 fully saturated rings. The molecular formula is C23H27N3O3. The summed E-state index contributed by atoms with van der Waals surface area (Å²) in [7, 11) is 0. The molecule has 2 aromatic rings. The molecule has 2 amide bonds. The molecule has 0 saturated heterocycles. The molecule has 0 radical (unpaired) electrons. The van der Waals surface area contributed by atoms with E-state index in [1.165, 1.54) is 6.92 Å². The first-order chi connectivity index (χ1) is 13.9. The molecule has 1 unspecified atom stereocenters. The smallest absolute Gasteiger partial charge is 0.248 e. The molecule has 29 heavy (non-hydrogen) atoms. The predicted molar refractivity (Wildman–Crippen MR) is 111 cm³/mol. The van der Waals surface area contributed by atoms with Gasteiger partial charge in [-0.15, -0.1) is 0 Å². The number of rotatable bonds is 10. The summed E-state index contributed by atoms with van der Waals surface area (Å²) in [6.07, 6.45) is 2.61. The molecule has 3 N–H and O–H groups in total. The Bertz CT molecular complexity index is 861. The fourth-order valence-corrected chi connectivity index (χ4v) is 3.33. The van der Waals surface area contributed by atoms with E-state index in [1.807, 2.05) is 42.5 Å². The van der Waals surface area contributed by atoms with Crippen LogP contribution in [0.2, 0.25) is 0 Å². The van der Waals surface area contributed by atoms with E-state index in [4.69, 9.17) is 5.73 Å². The molecule has 2 aromatic carbocycles. The number of carbonyl (C=O) groups excluding carboxylic acids is 3. The van der Waals surface area contributed by atoms with E-state index in [-0.39, 0.29) is 18.2 Å². The Kier molecular flexibility index (Phi) is 6.77. The molecule has 0 aromatic heterocycles. The van der Waals surface area contributed by atoms with Gasteiger partial charge in [0.05, 0.1) is 12.6 Å². The van der Waals surface area contributed by atoms with Gasteiger partial charge >= 0.3 is 0 Å². The Hall–Kier alpha value is -2.99. The van der Waals surface area contributed by atoms with Gasteiger partial charge in [0, 0.05) is 18.2 Å². The number of benzene rings is 2. The van der Waals surface area contributed by atoms with Gasteiger partial charge < -0.3 is 11.1 Å². The van der Waals surface area contributed by atoms with E-state index >= 15 is 0 Å². The molecule has 152 valence electrons. The second kappa shape index (κ2) is 9.47. The number of Topliss-reactive ketones (excluding diaryl/α,β-unsaturated/α-hetero) is 1. The van der Waals surface area contributed by atoms with E-state index < -0.39 is 11.9 Å². The third kappa shape index (κ3) is 6.26. The van der Waals surface area contributed by atoms with Crippen LogP contribution >= 0.6 is 0 Å². The highest BCUT2D eigenvalue weighted by Gasteiger charge is 2.31. The topological polar surface area (TPSA) is 92.5 Å². The highest BCUT2D eigenvalue weighted by Crippen LogP contribution is 2.28. The number of hydrogen-bond donors (Lipinski definition) is 2. The van der Waals surface area contributed by atoms with Gasteiger partial charge in [0.1, 0.15) is 0 Å². The van der Waals surface area contributed by atoms with Gasteiger partial charge in [-0.2, -0.15) is 0 Å². The third-order valence-electron chi connectivity index (χ3n) is 5.14. The van der Waals surface area contributed by atoms with Crippen molar-refractivity contribution in [2.75, 3.05) is 6.54 Å². The van der Waals surface area contributed by atoms with Crippen molar-refractivity contribution >= 4 is 17.6 Å². The van der Waals surface area contributed by atoms with Crippen LogP contribution in [0.5, 0.6) is 0 Å². The number of nitrogens with zero attached hydrogens (tertiary/aromatic N) is 1. The summed E-state index contributed by atoms with van der Waals surface area (Å²) in [5.74, 6) is -0.660. The molecule has 6 nitrogen and oxygen atoms in total. The van der Waals surface area contributed by atoms with Gasteiger partial charge in [-0.3, -0.25) is 19.3 Å². The van der Waals surface area contributed by atoms with Crippen molar-refractivity contribution in [2.45, 2.75) is 44.8 Å². The van der Waals surface area contributed by atoms with Gasteiger partial charge in [-0.1, -0.05) is 42.5 Å². The maximum atomic E-state index is 12.7. The van der Waals surface area contributed by atoms with Crippen molar-refractivity contribution in [1.82, 2.24) is 10.2 Å². The molecule has 0 bridgehead atoms. The molecule has 1 atom stereocenters. The quantitative estimate of drug-likeness (QED) is 0.646. The Balaban J connectivity index is 1.59. The van der Waals surface area contributed by atoms with Gasteiger partial charge in [0.25, 0.3) is 0 Å². The number of amides is 2. The van der Waals surface area contributed by atoms with Crippen LogP contribution in [0.25, 0.3) is 0 Å². The molecule has 1 aliphatic carbocycles. The number of nitrogens with one attached hydrogen (secondary N) is 1. The zero-order chi connectivity index (χ0) is 20.8. The normalized spacial score (nSPS) is 14.4. The lowest BCUT2D eigenvalue weighted by molar-refractivity contribution is -0.127. The molecule has 0 heterocycles. The number of primary amides is 1. The molecule has 1 saturated carbocycles. The van der Waals surface area contributed by atoms with Crippen molar-refractivity contribution < 1.29 is 14.4 Å². The summed E-state index contributed by atoms with van der Waals surface area (Å²) in [6.45, 7) is 2.36. The second-order valence-electron chi connectivity index (χ2n) is 7.62. The lowest BCUT2D eigenvalue weighted by atomic mass is 10.0. The van der Waals surface area contributed by atoms with Crippen molar-refractivity contribution in [2.24, 2.45) is 5.73 Å². The monoisotopic (exact) mass is 393 g/mol. The van der Waals surface area contributed by atoms with Crippen LogP contribution in [0.4, 0.5) is 0 Å². The summed E-state index contributed by atoms with van der Waals surface area (Å²) in [6, 6.07) is 16.7. The minimum atomic E-state index is -0.527. The van der Waals surface area contributed by atoms with Crippen LogP contribution in [0.15, 0.2) is 54.6 Å². The minimum Gasteiger partial charge on any atom is -0.366 e. The Morgan fingerprint density at radius 2 is 1.69 bits per heavy atom. The van der Waals surface area contributed by atoms with Crippen molar-refractivity contribution in [1.29, 1.82) is 0 Å². The molecule has 0 spiro atoms. The zero-order valence-corrected chi connectivity index (χ0v) is 16.6. The van der Waals surface area contributed by atoms with Crippen molar-refractivity contribution in [3.63, 3.8) is 0 Å². The minimum absolute atomic E-state index is 0.0535. The summed E-state index contributed by atoms with van der Waals surface area (Å²) in [5, 5.41) is 2.90. The van der Waals surface area contributed by atoms with Crippen LogP contribution in [-0.4, -0.2) is 41.1 Å². The fourth-order valence-electron chi connectivity index (χ4n) is 3.33. The lowest BCUT2D eigenvalue weighted by Gasteiger charge is -2.23. The van der Waals surface area contributed by atoms with Gasteiger partial charge in [0.15, 0.2) is 5.78 Å². The SMILES string of the molecule is CC(=O)C(Cc1ccccc1)NC(=O)CN(Cc1ccc(C(N)=O)cc1)C1CC1. The average molecular weight is 393 g/mol. The van der Waals surface area contributed by atoms with Gasteiger partial charge in [-0.25, -0.2) is 0 Å².